The van der Waals surface area contributed by atoms with Gasteiger partial charge in [-0.05, 0) is 42.8 Å². The summed E-state index contributed by atoms with van der Waals surface area (Å²) in [6, 6.07) is 10.9. The van der Waals surface area contributed by atoms with Crippen LogP contribution in [0.3, 0.4) is 0 Å². The summed E-state index contributed by atoms with van der Waals surface area (Å²) in [6.07, 6.45) is 0. The van der Waals surface area contributed by atoms with Crippen molar-refractivity contribution in [3.8, 4) is 11.8 Å². The predicted octanol–water partition coefficient (Wildman–Crippen LogP) is 4.06. The molecule has 2 aromatic carbocycles. The van der Waals surface area contributed by atoms with Gasteiger partial charge in [0.1, 0.15) is 5.82 Å². The fourth-order valence-electron chi connectivity index (χ4n) is 2.55. The minimum Gasteiger partial charge on any atom is -0.494 e. The van der Waals surface area contributed by atoms with E-state index in [9.17, 15) is 8.78 Å². The van der Waals surface area contributed by atoms with Crippen LogP contribution in [0.1, 0.15) is 23.6 Å². The van der Waals surface area contributed by atoms with E-state index in [1.165, 1.54) is 31.4 Å². The molecule has 0 aliphatic heterocycles. The lowest BCUT2D eigenvalue weighted by molar-refractivity contribution is 0.385. The van der Waals surface area contributed by atoms with Gasteiger partial charge in [-0.25, -0.2) is 13.8 Å². The minimum absolute atomic E-state index is 0. The van der Waals surface area contributed by atoms with Gasteiger partial charge in [0.15, 0.2) is 17.5 Å². The number of hydrogen-bond donors (Lipinski definition) is 1. The highest BCUT2D eigenvalue weighted by Crippen LogP contribution is 2.18. The van der Waals surface area contributed by atoms with Crippen molar-refractivity contribution in [2.45, 2.75) is 20.0 Å². The van der Waals surface area contributed by atoms with Crippen molar-refractivity contribution in [2.24, 2.45) is 4.99 Å². The molecular formula is C20H23F2IN4O. The number of nitrogens with one attached hydrogen (secondary N) is 1. The van der Waals surface area contributed by atoms with E-state index in [0.29, 0.717) is 30.2 Å². The third-order valence-electron chi connectivity index (χ3n) is 3.91. The van der Waals surface area contributed by atoms with Crippen molar-refractivity contribution in [1.29, 1.82) is 5.26 Å². The summed E-state index contributed by atoms with van der Waals surface area (Å²) in [5, 5.41) is 12.1. The lowest BCUT2D eigenvalue weighted by Crippen LogP contribution is -2.38. The summed E-state index contributed by atoms with van der Waals surface area (Å²) < 4.78 is 32.7. The Hall–Kier alpha value is -2.41. The normalized spacial score (nSPS) is 10.6. The Morgan fingerprint density at radius 1 is 1.21 bits per heavy atom. The third kappa shape index (κ3) is 6.34. The summed E-state index contributed by atoms with van der Waals surface area (Å²) in [5.74, 6) is -0.0977. The molecule has 8 heteroatoms. The van der Waals surface area contributed by atoms with Crippen molar-refractivity contribution in [2.75, 3.05) is 20.7 Å². The van der Waals surface area contributed by atoms with Crippen LogP contribution < -0.4 is 10.1 Å². The van der Waals surface area contributed by atoms with Gasteiger partial charge in [0.25, 0.3) is 0 Å². The SMILES string of the molecule is CCNC(=NCc1cc(C#N)ccc1F)N(C)Cc1ccc(OC)c(F)c1.I. The number of nitriles is 1. The number of benzene rings is 2. The van der Waals surface area contributed by atoms with Crippen LogP contribution in [-0.2, 0) is 13.1 Å². The molecule has 0 amide bonds. The number of nitrogens with zero attached hydrogens (tertiary/aromatic N) is 3. The summed E-state index contributed by atoms with van der Waals surface area (Å²) in [6.45, 7) is 3.05. The first-order valence-electron chi connectivity index (χ1n) is 8.48. The maximum absolute atomic E-state index is 13.9. The molecule has 150 valence electrons. The largest absolute Gasteiger partial charge is 0.494 e. The smallest absolute Gasteiger partial charge is 0.194 e. The van der Waals surface area contributed by atoms with Crippen LogP contribution in [0.25, 0.3) is 0 Å². The predicted molar refractivity (Wildman–Crippen MR) is 116 cm³/mol. The molecule has 0 spiro atoms. The number of ether oxygens (including phenoxy) is 1. The highest BCUT2D eigenvalue weighted by atomic mass is 127. The molecular weight excluding hydrogens is 477 g/mol. The maximum Gasteiger partial charge on any atom is 0.194 e. The van der Waals surface area contributed by atoms with Crippen LogP contribution in [0.15, 0.2) is 41.4 Å². The first-order valence-corrected chi connectivity index (χ1v) is 8.48. The van der Waals surface area contributed by atoms with E-state index in [1.807, 2.05) is 24.9 Å². The monoisotopic (exact) mass is 500 g/mol. The average Bonchev–Trinajstić information content (AvgIpc) is 2.66. The van der Waals surface area contributed by atoms with Gasteiger partial charge in [0, 0.05) is 25.7 Å². The van der Waals surface area contributed by atoms with E-state index in [0.717, 1.165) is 5.56 Å². The highest BCUT2D eigenvalue weighted by Gasteiger charge is 2.10. The number of hydrogen-bond acceptors (Lipinski definition) is 3. The maximum atomic E-state index is 13.9. The van der Waals surface area contributed by atoms with Crippen LogP contribution in [0, 0.1) is 23.0 Å². The lowest BCUT2D eigenvalue weighted by atomic mass is 10.1. The zero-order valence-corrected chi connectivity index (χ0v) is 18.3. The van der Waals surface area contributed by atoms with Crippen molar-refractivity contribution in [1.82, 2.24) is 10.2 Å². The van der Waals surface area contributed by atoms with Crippen molar-refractivity contribution in [3.63, 3.8) is 0 Å². The van der Waals surface area contributed by atoms with E-state index < -0.39 is 11.6 Å². The van der Waals surface area contributed by atoms with Gasteiger partial charge in [-0.15, -0.1) is 24.0 Å². The number of aliphatic imine (C=N–C) groups is 1. The molecule has 0 saturated heterocycles. The second-order valence-corrected chi connectivity index (χ2v) is 5.91. The Labute approximate surface area is 181 Å². The average molecular weight is 500 g/mol. The molecule has 0 radical (unpaired) electrons. The second-order valence-electron chi connectivity index (χ2n) is 5.91. The van der Waals surface area contributed by atoms with Crippen molar-refractivity contribution >= 4 is 29.9 Å². The van der Waals surface area contributed by atoms with Gasteiger partial charge in [-0.2, -0.15) is 5.26 Å². The quantitative estimate of drug-likeness (QED) is 0.370. The molecule has 0 heterocycles. The molecule has 5 nitrogen and oxygen atoms in total. The van der Waals surface area contributed by atoms with E-state index in [1.54, 1.807) is 12.1 Å². The summed E-state index contributed by atoms with van der Waals surface area (Å²) in [4.78, 5) is 6.25. The van der Waals surface area contributed by atoms with Crippen molar-refractivity contribution < 1.29 is 13.5 Å². The molecule has 0 aromatic heterocycles. The number of halogens is 3. The van der Waals surface area contributed by atoms with Gasteiger partial charge in [-0.1, -0.05) is 6.07 Å². The topological polar surface area (TPSA) is 60.7 Å². The molecule has 2 rings (SSSR count). The molecule has 0 atom stereocenters. The molecule has 0 aliphatic carbocycles. The Kier molecular flexibility index (Phi) is 9.65. The number of methoxy groups -OCH3 is 1. The molecule has 2 aromatic rings. The van der Waals surface area contributed by atoms with Gasteiger partial charge in [0.05, 0.1) is 25.3 Å². The number of rotatable bonds is 6. The lowest BCUT2D eigenvalue weighted by Gasteiger charge is -2.22. The fraction of sp³-hybridized carbons (Fsp3) is 0.300. The van der Waals surface area contributed by atoms with Crippen LogP contribution in [0.4, 0.5) is 8.78 Å². The fourth-order valence-corrected chi connectivity index (χ4v) is 2.55. The second kappa shape index (κ2) is 11.4. The molecule has 28 heavy (non-hydrogen) atoms. The number of guanidine groups is 1. The van der Waals surface area contributed by atoms with E-state index in [4.69, 9.17) is 10.00 Å². The van der Waals surface area contributed by atoms with Gasteiger partial charge < -0.3 is 15.0 Å². The van der Waals surface area contributed by atoms with Gasteiger partial charge in [0.2, 0.25) is 0 Å². The molecule has 1 N–H and O–H groups in total. The zero-order chi connectivity index (χ0) is 19.8. The van der Waals surface area contributed by atoms with Crippen LogP contribution >= 0.6 is 24.0 Å². The van der Waals surface area contributed by atoms with Gasteiger partial charge >= 0.3 is 0 Å². The molecule has 0 saturated carbocycles. The Bertz CT molecular complexity index is 868. The Balaban J connectivity index is 0.00000392. The molecule has 0 bridgehead atoms. The Morgan fingerprint density at radius 3 is 2.57 bits per heavy atom. The molecule has 0 aliphatic rings. The van der Waals surface area contributed by atoms with Crippen LogP contribution in [-0.4, -0.2) is 31.6 Å². The Morgan fingerprint density at radius 2 is 1.96 bits per heavy atom. The summed E-state index contributed by atoms with van der Waals surface area (Å²) in [5.41, 5.74) is 1.47. The molecule has 0 fully saturated rings. The van der Waals surface area contributed by atoms with E-state index in [2.05, 4.69) is 10.3 Å². The van der Waals surface area contributed by atoms with Gasteiger partial charge in [-0.3, -0.25) is 0 Å². The van der Waals surface area contributed by atoms with Crippen molar-refractivity contribution in [3.05, 3.63) is 64.7 Å². The first-order chi connectivity index (χ1) is 13.0. The first kappa shape index (κ1) is 23.6. The zero-order valence-electron chi connectivity index (χ0n) is 16.0. The third-order valence-corrected chi connectivity index (χ3v) is 3.91. The summed E-state index contributed by atoms with van der Waals surface area (Å²) in [7, 11) is 3.23. The van der Waals surface area contributed by atoms with E-state index >= 15 is 0 Å². The van der Waals surface area contributed by atoms with Crippen LogP contribution in [0.2, 0.25) is 0 Å². The molecule has 0 unspecified atom stereocenters. The highest BCUT2D eigenvalue weighted by molar-refractivity contribution is 14.0. The summed E-state index contributed by atoms with van der Waals surface area (Å²) >= 11 is 0. The van der Waals surface area contributed by atoms with E-state index in [-0.39, 0.29) is 36.3 Å². The standard InChI is InChI=1S/C20H22F2N4O.HI/c1-4-24-20(25-12-16-9-14(11-23)5-7-17(16)21)26(2)13-15-6-8-19(27-3)18(22)10-15;/h5-10H,4,12-13H2,1-3H3,(H,24,25);1H. The minimum atomic E-state index is -0.430. The van der Waals surface area contributed by atoms with Crippen LogP contribution in [0.5, 0.6) is 5.75 Å².